The largest absolute Gasteiger partial charge is 0.744 e. The van der Waals surface area contributed by atoms with Crippen LogP contribution in [0, 0.1) is 6.92 Å². The van der Waals surface area contributed by atoms with Crippen LogP contribution >= 0.6 is 23.1 Å². The number of hydrogen-bond donors (Lipinski definition) is 0. The molecule has 0 atom stereocenters. The molecule has 1 aliphatic heterocycles. The molecule has 3 aromatic carbocycles. The highest BCUT2D eigenvalue weighted by molar-refractivity contribution is 8.08. The van der Waals surface area contributed by atoms with Crippen molar-refractivity contribution in [3.05, 3.63) is 97.7 Å². The van der Waals surface area contributed by atoms with Crippen LogP contribution in [0.2, 0.25) is 0 Å². The number of benzene rings is 3. The number of hydrogen-bond acceptors (Lipinski definition) is 9. The molecule has 232 valence electrons. The molecule has 1 aliphatic rings. The van der Waals surface area contributed by atoms with E-state index in [1.54, 1.807) is 31.0 Å². The van der Waals surface area contributed by atoms with Gasteiger partial charge in [-0.05, 0) is 57.2 Å². The van der Waals surface area contributed by atoms with E-state index in [2.05, 4.69) is 28.5 Å². The van der Waals surface area contributed by atoms with Crippen molar-refractivity contribution in [2.45, 2.75) is 51.1 Å². The lowest BCUT2D eigenvalue weighted by Crippen LogP contribution is -2.36. The minimum absolute atomic E-state index is 0. The van der Waals surface area contributed by atoms with E-state index in [1.165, 1.54) is 28.4 Å². The summed E-state index contributed by atoms with van der Waals surface area (Å²) in [4.78, 5) is 16.4. The predicted molar refractivity (Wildman–Crippen MR) is 176 cm³/mol. The maximum Gasteiger partial charge on any atom is 0.377 e. The Morgan fingerprint density at radius 1 is 1.07 bits per heavy atom. The number of anilines is 1. The maximum atomic E-state index is 13.3. The molecule has 5 aromatic rings. The van der Waals surface area contributed by atoms with Gasteiger partial charge in [0, 0.05) is 18.5 Å². The van der Waals surface area contributed by atoms with E-state index in [1.807, 2.05) is 61.9 Å². The Balaban J connectivity index is 0.000000313. The molecule has 0 saturated carbocycles. The van der Waals surface area contributed by atoms with Crippen molar-refractivity contribution >= 4 is 61.1 Å². The van der Waals surface area contributed by atoms with Gasteiger partial charge >= 0.3 is 5.89 Å². The van der Waals surface area contributed by atoms with E-state index in [0.29, 0.717) is 12.4 Å². The molecule has 0 aliphatic carbocycles. The highest BCUT2D eigenvalue weighted by atomic mass is 32.2. The molecular formula is C32H35N3O6S3. The van der Waals surface area contributed by atoms with E-state index in [9.17, 15) is 17.8 Å². The summed E-state index contributed by atoms with van der Waals surface area (Å²) in [6.45, 7) is 7.23. The van der Waals surface area contributed by atoms with Crippen LogP contribution < -0.4 is 29.0 Å². The lowest BCUT2D eigenvalue weighted by atomic mass is 10.2. The fraction of sp³-hybridized carbons (Fsp3) is 0.250. The Morgan fingerprint density at radius 2 is 1.77 bits per heavy atom. The smallest absolute Gasteiger partial charge is 0.377 e. The summed E-state index contributed by atoms with van der Waals surface area (Å²) in [6.07, 6.45) is 1.97. The molecule has 9 nitrogen and oxygen atoms in total. The summed E-state index contributed by atoms with van der Waals surface area (Å²) in [5.74, 6) is 1.50. The number of aryl methyl sites for hydroxylation is 2. The molecule has 12 heteroatoms. The molecule has 6 rings (SSSR count). The monoisotopic (exact) mass is 653 g/mol. The number of aromatic nitrogens is 2. The molecule has 0 unspecified atom stereocenters. The van der Waals surface area contributed by atoms with Crippen LogP contribution in [0.15, 0.2) is 85.7 Å². The topological polar surface area (TPSA) is 109 Å². The van der Waals surface area contributed by atoms with Crippen LogP contribution in [0.1, 0.15) is 32.7 Å². The van der Waals surface area contributed by atoms with Gasteiger partial charge in [0.05, 0.1) is 29.8 Å². The number of rotatable bonds is 5. The fourth-order valence-corrected chi connectivity index (χ4v) is 7.63. The summed E-state index contributed by atoms with van der Waals surface area (Å²) in [5, 5.41) is 0.973. The van der Waals surface area contributed by atoms with Crippen molar-refractivity contribution in [1.29, 1.82) is 0 Å². The van der Waals surface area contributed by atoms with Crippen molar-refractivity contribution in [3.8, 4) is 5.75 Å². The van der Waals surface area contributed by atoms with Crippen LogP contribution in [0.4, 0.5) is 5.69 Å². The average Bonchev–Trinajstić information content (AvgIpc) is 3.62. The quantitative estimate of drug-likeness (QED) is 0.199. The Hall–Kier alpha value is -3.84. The summed E-state index contributed by atoms with van der Waals surface area (Å²) >= 11 is 3.16. The van der Waals surface area contributed by atoms with Crippen LogP contribution in [-0.4, -0.2) is 31.7 Å². The van der Waals surface area contributed by atoms with Gasteiger partial charge in [-0.1, -0.05) is 49.0 Å². The van der Waals surface area contributed by atoms with E-state index in [4.69, 9.17) is 9.15 Å². The second kappa shape index (κ2) is 13.4. The number of para-hydroxylation sites is 1. The normalized spacial score (nSPS) is 14.2. The Bertz CT molecular complexity index is 2100. The summed E-state index contributed by atoms with van der Waals surface area (Å²) < 4.78 is 48.2. The molecule has 3 heterocycles. The van der Waals surface area contributed by atoms with Gasteiger partial charge in [0.15, 0.2) is 0 Å². The predicted octanol–water partition coefficient (Wildman–Crippen LogP) is 4.66. The first-order valence-electron chi connectivity index (χ1n) is 13.5. The van der Waals surface area contributed by atoms with E-state index < -0.39 is 10.1 Å². The van der Waals surface area contributed by atoms with Gasteiger partial charge < -0.3 is 18.6 Å². The third kappa shape index (κ3) is 6.48. The third-order valence-corrected chi connectivity index (χ3v) is 10.3. The minimum atomic E-state index is -4.27. The number of ether oxygens (including phenoxy) is 1. The maximum absolute atomic E-state index is 13.3. The number of thiazole rings is 1. The number of methoxy groups -OCH3 is 1. The summed E-state index contributed by atoms with van der Waals surface area (Å²) in [5.41, 5.74) is 3.85. The summed E-state index contributed by atoms with van der Waals surface area (Å²) in [7, 11) is -0.593. The zero-order valence-electron chi connectivity index (χ0n) is 24.4. The van der Waals surface area contributed by atoms with Crippen LogP contribution in [0.5, 0.6) is 5.75 Å². The van der Waals surface area contributed by atoms with Crippen LogP contribution in [0.25, 0.3) is 22.2 Å². The number of oxazole rings is 1. The molecule has 0 saturated heterocycles. The van der Waals surface area contributed by atoms with Gasteiger partial charge in [-0.2, -0.15) is 4.57 Å². The Kier molecular flexibility index (Phi) is 10.1. The third-order valence-electron chi connectivity index (χ3n) is 6.97. The van der Waals surface area contributed by atoms with Crippen molar-refractivity contribution in [2.24, 2.45) is 0 Å². The summed E-state index contributed by atoms with van der Waals surface area (Å²) in [6, 6.07) is 19.8. The van der Waals surface area contributed by atoms with Crippen molar-refractivity contribution in [2.75, 3.05) is 19.1 Å². The molecule has 0 N–H and O–H groups in total. The van der Waals surface area contributed by atoms with Gasteiger partial charge in [0.25, 0.3) is 11.1 Å². The van der Waals surface area contributed by atoms with E-state index >= 15 is 0 Å². The average molecular weight is 654 g/mol. The standard InChI is InChI=1S/C24H24N3O3S2.C7H8O3S.CH4/c1-5-26-17-13-15(29-4)11-12-18(17)30-20(26)14-21-27(6-2)23(28)22(32-21)24-25(3)16-9-7-8-10-19(16)31-24;1-6-2-4-7(5-3-6)11(8,9)10;/h7-14H,5-6H2,1-4H3;2-5H,1H3,(H,8,9,10);1H4/q+1;;/p-1/b24-22-;;. The highest BCUT2D eigenvalue weighted by Crippen LogP contribution is 2.44. The lowest BCUT2D eigenvalue weighted by molar-refractivity contribution is -0.674. The lowest BCUT2D eigenvalue weighted by Gasteiger charge is -2.11. The SMILES string of the molecule is C.CCn1c(=Cc2oc3ccc(OC)cc3[n+]2CC)s/c(=C2\Sc3ccccc3N2C)c1=O.Cc1ccc(S(=O)(=O)[O-])cc1. The van der Waals surface area contributed by atoms with Gasteiger partial charge in [-0.15, -0.1) is 11.3 Å². The number of thioether (sulfide) groups is 1. The Labute approximate surface area is 265 Å². The fourth-order valence-electron chi connectivity index (χ4n) is 4.72. The van der Waals surface area contributed by atoms with Gasteiger partial charge in [-0.25, -0.2) is 8.42 Å². The number of nitrogens with zero attached hydrogens (tertiary/aromatic N) is 3. The zero-order chi connectivity index (χ0) is 30.9. The van der Waals surface area contributed by atoms with Crippen LogP contribution in [-0.2, 0) is 23.2 Å². The van der Waals surface area contributed by atoms with E-state index in [-0.39, 0.29) is 17.9 Å². The van der Waals surface area contributed by atoms with E-state index in [0.717, 1.165) is 48.9 Å². The first-order chi connectivity index (χ1) is 20.5. The van der Waals surface area contributed by atoms with Gasteiger partial charge in [0.1, 0.15) is 36.6 Å². The highest BCUT2D eigenvalue weighted by Gasteiger charge is 2.25. The first kappa shape index (κ1) is 33.1. The molecule has 0 fully saturated rings. The molecular weight excluding hydrogens is 619 g/mol. The van der Waals surface area contributed by atoms with Gasteiger partial charge in [-0.3, -0.25) is 9.36 Å². The second-order valence-electron chi connectivity index (χ2n) is 9.68. The molecule has 0 radical (unpaired) electrons. The van der Waals surface area contributed by atoms with Crippen molar-refractivity contribution < 1.29 is 26.7 Å². The number of fused-ring (bicyclic) bond motifs is 2. The first-order valence-corrected chi connectivity index (χ1v) is 16.6. The molecule has 0 bridgehead atoms. The molecule has 0 amide bonds. The van der Waals surface area contributed by atoms with Gasteiger partial charge in [0.2, 0.25) is 5.58 Å². The zero-order valence-corrected chi connectivity index (χ0v) is 26.8. The molecule has 0 spiro atoms. The van der Waals surface area contributed by atoms with Crippen molar-refractivity contribution in [3.63, 3.8) is 0 Å². The van der Waals surface area contributed by atoms with Crippen LogP contribution in [0.3, 0.4) is 0 Å². The van der Waals surface area contributed by atoms with Crippen molar-refractivity contribution in [1.82, 2.24) is 4.57 Å². The second-order valence-corrected chi connectivity index (χ2v) is 13.1. The minimum Gasteiger partial charge on any atom is -0.744 e. The Morgan fingerprint density at radius 3 is 2.39 bits per heavy atom. The molecule has 2 aromatic heterocycles. The molecule has 44 heavy (non-hydrogen) atoms.